The van der Waals surface area contributed by atoms with Gasteiger partial charge in [0.25, 0.3) is 11.8 Å². The molecule has 0 bridgehead atoms. The molecule has 8 nitrogen and oxygen atoms in total. The molecule has 0 saturated carbocycles. The predicted octanol–water partition coefficient (Wildman–Crippen LogP) is 1.15. The molecule has 1 aromatic carbocycles. The molecule has 0 fully saturated rings. The maximum absolute atomic E-state index is 12.2. The normalized spacial score (nSPS) is 13.5. The number of aromatic nitrogens is 2. The topological polar surface area (TPSA) is 105 Å². The first-order valence-electron chi connectivity index (χ1n) is 8.01. The zero-order chi connectivity index (χ0) is 18.0. The van der Waals surface area contributed by atoms with Gasteiger partial charge in [0.05, 0.1) is 11.1 Å². The van der Waals surface area contributed by atoms with Gasteiger partial charge in [-0.15, -0.1) is 0 Å². The van der Waals surface area contributed by atoms with Crippen LogP contribution >= 0.6 is 0 Å². The minimum absolute atomic E-state index is 0.168. The molecule has 0 spiro atoms. The van der Waals surface area contributed by atoms with E-state index in [0.717, 1.165) is 4.90 Å². The van der Waals surface area contributed by atoms with Crippen molar-refractivity contribution in [1.82, 2.24) is 20.4 Å². The fourth-order valence-electron chi connectivity index (χ4n) is 2.50. The van der Waals surface area contributed by atoms with Gasteiger partial charge in [0, 0.05) is 18.9 Å². The van der Waals surface area contributed by atoms with E-state index < -0.39 is 17.7 Å². The van der Waals surface area contributed by atoms with Gasteiger partial charge in [0.15, 0.2) is 5.82 Å². The summed E-state index contributed by atoms with van der Waals surface area (Å²) in [5.74, 6) is -0.0976. The van der Waals surface area contributed by atoms with Crippen molar-refractivity contribution in [2.75, 3.05) is 13.1 Å². The molecule has 0 atom stereocenters. The molecule has 1 N–H and O–H groups in total. The Bertz CT molecular complexity index is 793. The number of nitrogens with one attached hydrogen (secondary N) is 1. The van der Waals surface area contributed by atoms with Gasteiger partial charge in [-0.25, -0.2) is 0 Å². The highest BCUT2D eigenvalue weighted by atomic mass is 16.5. The predicted molar refractivity (Wildman–Crippen MR) is 86.9 cm³/mol. The zero-order valence-corrected chi connectivity index (χ0v) is 14.0. The molecule has 25 heavy (non-hydrogen) atoms. The van der Waals surface area contributed by atoms with E-state index in [1.54, 1.807) is 24.3 Å². The van der Waals surface area contributed by atoms with Gasteiger partial charge in [-0.05, 0) is 12.1 Å². The van der Waals surface area contributed by atoms with Crippen LogP contribution in [0.15, 0.2) is 28.8 Å². The third-order valence-electron chi connectivity index (χ3n) is 3.84. The summed E-state index contributed by atoms with van der Waals surface area (Å²) in [4.78, 5) is 41.6. The smallest absolute Gasteiger partial charge is 0.262 e. The van der Waals surface area contributed by atoms with Crippen molar-refractivity contribution in [1.29, 1.82) is 0 Å². The Kier molecular flexibility index (Phi) is 4.60. The average Bonchev–Trinajstić information content (AvgIpc) is 3.15. The Morgan fingerprint density at radius 3 is 2.40 bits per heavy atom. The van der Waals surface area contributed by atoms with Gasteiger partial charge >= 0.3 is 0 Å². The third kappa shape index (κ3) is 3.42. The molecule has 2 heterocycles. The molecule has 0 aliphatic carbocycles. The number of rotatable bonds is 6. The van der Waals surface area contributed by atoms with E-state index in [2.05, 4.69) is 15.5 Å². The van der Waals surface area contributed by atoms with Crippen molar-refractivity contribution >= 4 is 17.7 Å². The lowest BCUT2D eigenvalue weighted by Gasteiger charge is -2.13. The van der Waals surface area contributed by atoms with Crippen LogP contribution in [0, 0.1) is 0 Å². The van der Waals surface area contributed by atoms with Crippen LogP contribution in [0.2, 0.25) is 0 Å². The second kappa shape index (κ2) is 6.84. The summed E-state index contributed by atoms with van der Waals surface area (Å²) in [6.45, 7) is 3.88. The molecule has 8 heteroatoms. The molecule has 2 aromatic rings. The van der Waals surface area contributed by atoms with Gasteiger partial charge in [-0.1, -0.05) is 31.1 Å². The van der Waals surface area contributed by atoms with Gasteiger partial charge < -0.3 is 9.84 Å². The van der Waals surface area contributed by atoms with Gasteiger partial charge in [0.2, 0.25) is 11.8 Å². The van der Waals surface area contributed by atoms with E-state index in [9.17, 15) is 14.4 Å². The van der Waals surface area contributed by atoms with E-state index in [1.807, 2.05) is 13.8 Å². The summed E-state index contributed by atoms with van der Waals surface area (Å²) in [6, 6.07) is 6.53. The lowest BCUT2D eigenvalue weighted by Crippen LogP contribution is -2.40. The van der Waals surface area contributed by atoms with Crippen molar-refractivity contribution in [2.45, 2.75) is 26.2 Å². The number of nitrogens with zero attached hydrogens (tertiary/aromatic N) is 3. The van der Waals surface area contributed by atoms with Gasteiger partial charge in [-0.3, -0.25) is 19.3 Å². The largest absolute Gasteiger partial charge is 0.354 e. The summed E-state index contributed by atoms with van der Waals surface area (Å²) in [5.41, 5.74) is 0.653. The van der Waals surface area contributed by atoms with Crippen LogP contribution in [0.4, 0.5) is 0 Å². The number of benzene rings is 1. The van der Waals surface area contributed by atoms with Crippen LogP contribution in [0.1, 0.15) is 52.2 Å². The third-order valence-corrected chi connectivity index (χ3v) is 3.84. The van der Waals surface area contributed by atoms with Crippen LogP contribution in [0.3, 0.4) is 0 Å². The van der Waals surface area contributed by atoms with Crippen molar-refractivity contribution in [2.24, 2.45) is 0 Å². The Morgan fingerprint density at radius 1 is 1.20 bits per heavy atom. The molecule has 3 rings (SSSR count). The Balaban J connectivity index is 1.51. The van der Waals surface area contributed by atoms with E-state index in [-0.39, 0.29) is 19.0 Å². The van der Waals surface area contributed by atoms with E-state index in [0.29, 0.717) is 29.3 Å². The SMILES string of the molecule is CC(C)c1noc(CCNC(=O)CN2C(=O)c3ccccc3C2=O)n1. The summed E-state index contributed by atoms with van der Waals surface area (Å²) in [7, 11) is 0. The molecule has 1 aliphatic heterocycles. The highest BCUT2D eigenvalue weighted by Crippen LogP contribution is 2.21. The highest BCUT2D eigenvalue weighted by molar-refractivity contribution is 6.22. The number of hydrogen-bond donors (Lipinski definition) is 1. The molecule has 0 unspecified atom stereocenters. The number of carbonyl (C=O) groups excluding carboxylic acids is 3. The number of hydrogen-bond acceptors (Lipinski definition) is 6. The van der Waals surface area contributed by atoms with Crippen molar-refractivity contribution in [3.63, 3.8) is 0 Å². The Morgan fingerprint density at radius 2 is 1.84 bits per heavy atom. The lowest BCUT2D eigenvalue weighted by atomic mass is 10.1. The maximum Gasteiger partial charge on any atom is 0.262 e. The number of imide groups is 1. The molecular formula is C17H18N4O4. The molecular weight excluding hydrogens is 324 g/mol. The van der Waals surface area contributed by atoms with Crippen LogP contribution < -0.4 is 5.32 Å². The van der Waals surface area contributed by atoms with Gasteiger partial charge in [-0.2, -0.15) is 4.98 Å². The highest BCUT2D eigenvalue weighted by Gasteiger charge is 2.36. The standard InChI is InChI=1S/C17H18N4O4/c1-10(2)15-19-14(25-20-15)7-8-18-13(22)9-21-16(23)11-5-3-4-6-12(11)17(21)24/h3-6,10H,7-9H2,1-2H3,(H,18,22). The molecule has 3 amide bonds. The van der Waals surface area contributed by atoms with Crippen LogP contribution in [-0.2, 0) is 11.2 Å². The first-order valence-corrected chi connectivity index (χ1v) is 8.01. The van der Waals surface area contributed by atoms with Crippen molar-refractivity contribution in [3.05, 3.63) is 47.1 Å². The summed E-state index contributed by atoms with van der Waals surface area (Å²) >= 11 is 0. The first kappa shape index (κ1) is 16.8. The minimum Gasteiger partial charge on any atom is -0.354 e. The van der Waals surface area contributed by atoms with Crippen LogP contribution in [-0.4, -0.2) is 45.9 Å². The Labute approximate surface area is 144 Å². The van der Waals surface area contributed by atoms with E-state index in [1.165, 1.54) is 0 Å². The molecule has 1 aliphatic rings. The number of fused-ring (bicyclic) bond motifs is 1. The van der Waals surface area contributed by atoms with E-state index in [4.69, 9.17) is 4.52 Å². The fourth-order valence-corrected chi connectivity index (χ4v) is 2.50. The summed E-state index contributed by atoms with van der Waals surface area (Å²) in [6.07, 6.45) is 0.383. The van der Waals surface area contributed by atoms with E-state index >= 15 is 0 Å². The van der Waals surface area contributed by atoms with Crippen molar-refractivity contribution in [3.8, 4) is 0 Å². The monoisotopic (exact) mass is 342 g/mol. The van der Waals surface area contributed by atoms with Crippen LogP contribution in [0.25, 0.3) is 0 Å². The molecule has 130 valence electrons. The zero-order valence-electron chi connectivity index (χ0n) is 14.0. The molecule has 0 radical (unpaired) electrons. The Hall–Kier alpha value is -3.03. The fraction of sp³-hybridized carbons (Fsp3) is 0.353. The maximum atomic E-state index is 12.2. The summed E-state index contributed by atoms with van der Waals surface area (Å²) < 4.78 is 5.09. The number of amides is 3. The van der Waals surface area contributed by atoms with Crippen LogP contribution in [0.5, 0.6) is 0 Å². The lowest BCUT2D eigenvalue weighted by molar-refractivity contribution is -0.121. The number of carbonyl (C=O) groups is 3. The first-order chi connectivity index (χ1) is 12.0. The second-order valence-corrected chi connectivity index (χ2v) is 6.04. The average molecular weight is 342 g/mol. The van der Waals surface area contributed by atoms with Gasteiger partial charge in [0.1, 0.15) is 6.54 Å². The summed E-state index contributed by atoms with van der Waals surface area (Å²) in [5, 5.41) is 6.49. The molecule has 1 aromatic heterocycles. The minimum atomic E-state index is -0.450. The second-order valence-electron chi connectivity index (χ2n) is 6.04. The van der Waals surface area contributed by atoms with Crippen molar-refractivity contribution < 1.29 is 18.9 Å². The quantitative estimate of drug-likeness (QED) is 0.790. The molecule has 0 saturated heterocycles.